The van der Waals surface area contributed by atoms with Crippen molar-refractivity contribution < 1.29 is 9.63 Å². The first-order valence-electron chi connectivity index (χ1n) is 6.20. The van der Waals surface area contributed by atoms with Gasteiger partial charge >= 0.3 is 0 Å². The van der Waals surface area contributed by atoms with Gasteiger partial charge in [-0.3, -0.25) is 14.7 Å². The number of amides is 1. The van der Waals surface area contributed by atoms with Gasteiger partial charge in [0.2, 0.25) is 0 Å². The van der Waals surface area contributed by atoms with Crippen LogP contribution in [-0.4, -0.2) is 34.3 Å². The Morgan fingerprint density at radius 2 is 2.28 bits per heavy atom. The first-order chi connectivity index (χ1) is 8.84. The van der Waals surface area contributed by atoms with E-state index in [0.29, 0.717) is 19.6 Å². The molecular formula is C13H15N3O2. The van der Waals surface area contributed by atoms with Crippen LogP contribution in [0.3, 0.4) is 0 Å². The number of rotatable bonds is 2. The molecule has 5 heteroatoms. The van der Waals surface area contributed by atoms with Crippen LogP contribution >= 0.6 is 0 Å². The van der Waals surface area contributed by atoms with E-state index in [1.165, 1.54) is 5.06 Å². The zero-order valence-electron chi connectivity index (χ0n) is 10.1. The molecule has 0 saturated carbocycles. The number of hydrogen-bond donors (Lipinski definition) is 1. The summed E-state index contributed by atoms with van der Waals surface area (Å²) in [5, 5.41) is 9.58. The Balaban J connectivity index is 1.77. The van der Waals surface area contributed by atoms with Crippen molar-refractivity contribution in [2.24, 2.45) is 0 Å². The molecule has 1 aromatic carbocycles. The highest BCUT2D eigenvalue weighted by atomic mass is 16.7. The molecule has 94 valence electrons. The van der Waals surface area contributed by atoms with E-state index in [1.54, 1.807) is 0 Å². The standard InChI is InChI=1S/C13H15N3O2/c17-13(16-7-3-4-8-18-16)9-12-10-5-1-2-6-11(10)14-15-12/h1-2,5-6H,3-4,7-9H2,(H,14,15). The summed E-state index contributed by atoms with van der Waals surface area (Å²) in [4.78, 5) is 17.4. The summed E-state index contributed by atoms with van der Waals surface area (Å²) in [7, 11) is 0. The quantitative estimate of drug-likeness (QED) is 0.875. The van der Waals surface area contributed by atoms with Crippen molar-refractivity contribution in [1.82, 2.24) is 15.3 Å². The molecule has 2 aromatic rings. The summed E-state index contributed by atoms with van der Waals surface area (Å²) >= 11 is 0. The second-order valence-electron chi connectivity index (χ2n) is 4.43. The lowest BCUT2D eigenvalue weighted by molar-refractivity contribution is -0.196. The topological polar surface area (TPSA) is 58.2 Å². The number of fused-ring (bicyclic) bond motifs is 1. The molecule has 1 fully saturated rings. The van der Waals surface area contributed by atoms with Gasteiger partial charge in [0, 0.05) is 11.9 Å². The number of H-pyrrole nitrogens is 1. The Bertz CT molecular complexity index is 558. The van der Waals surface area contributed by atoms with Crippen molar-refractivity contribution >= 4 is 16.8 Å². The SMILES string of the molecule is O=C(Cc1[nH]nc2ccccc12)N1CCCCO1. The van der Waals surface area contributed by atoms with Crippen LogP contribution < -0.4 is 0 Å². The maximum atomic E-state index is 12.1. The Hall–Kier alpha value is -1.88. The van der Waals surface area contributed by atoms with Gasteiger partial charge < -0.3 is 0 Å². The number of nitrogens with zero attached hydrogens (tertiary/aromatic N) is 2. The van der Waals surface area contributed by atoms with Gasteiger partial charge in [-0.25, -0.2) is 5.06 Å². The molecule has 1 amide bonds. The minimum atomic E-state index is -0.0101. The molecular weight excluding hydrogens is 230 g/mol. The van der Waals surface area contributed by atoms with Crippen molar-refractivity contribution in [3.8, 4) is 0 Å². The largest absolute Gasteiger partial charge is 0.281 e. The first kappa shape index (κ1) is 11.2. The molecule has 18 heavy (non-hydrogen) atoms. The highest BCUT2D eigenvalue weighted by molar-refractivity contribution is 5.86. The number of hydroxylamine groups is 2. The number of hydrogen-bond acceptors (Lipinski definition) is 3. The minimum Gasteiger partial charge on any atom is -0.281 e. The number of carbonyl (C=O) groups is 1. The van der Waals surface area contributed by atoms with Gasteiger partial charge in [-0.2, -0.15) is 5.10 Å². The van der Waals surface area contributed by atoms with Gasteiger partial charge in [0.05, 0.1) is 24.2 Å². The van der Waals surface area contributed by atoms with E-state index in [0.717, 1.165) is 29.4 Å². The fourth-order valence-corrected chi connectivity index (χ4v) is 2.18. The molecule has 1 N–H and O–H groups in total. The average molecular weight is 245 g/mol. The van der Waals surface area contributed by atoms with Crippen molar-refractivity contribution in [1.29, 1.82) is 0 Å². The monoisotopic (exact) mass is 245 g/mol. The third kappa shape index (κ3) is 2.09. The summed E-state index contributed by atoms with van der Waals surface area (Å²) in [5.41, 5.74) is 1.74. The average Bonchev–Trinajstić information content (AvgIpc) is 2.83. The van der Waals surface area contributed by atoms with Crippen LogP contribution in [0.2, 0.25) is 0 Å². The normalized spacial score (nSPS) is 16.1. The Kier molecular flexibility index (Phi) is 2.98. The molecule has 1 aromatic heterocycles. The van der Waals surface area contributed by atoms with Gasteiger partial charge in [-0.05, 0) is 18.9 Å². The molecule has 1 aliphatic rings. The second kappa shape index (κ2) is 4.78. The summed E-state index contributed by atoms with van der Waals surface area (Å²) < 4.78 is 0. The lowest BCUT2D eigenvalue weighted by atomic mass is 10.1. The summed E-state index contributed by atoms with van der Waals surface area (Å²) in [6.07, 6.45) is 2.34. The fraction of sp³-hybridized carbons (Fsp3) is 0.385. The number of benzene rings is 1. The van der Waals surface area contributed by atoms with E-state index in [9.17, 15) is 4.79 Å². The molecule has 0 spiro atoms. The van der Waals surface area contributed by atoms with Gasteiger partial charge in [0.1, 0.15) is 0 Å². The third-order valence-electron chi connectivity index (χ3n) is 3.15. The van der Waals surface area contributed by atoms with Gasteiger partial charge in [-0.15, -0.1) is 0 Å². The molecule has 0 radical (unpaired) electrons. The smallest absolute Gasteiger partial charge is 0.252 e. The Morgan fingerprint density at radius 1 is 1.39 bits per heavy atom. The molecule has 3 rings (SSSR count). The molecule has 0 aliphatic carbocycles. The highest BCUT2D eigenvalue weighted by Crippen LogP contribution is 2.17. The molecule has 5 nitrogen and oxygen atoms in total. The Morgan fingerprint density at radius 3 is 3.11 bits per heavy atom. The predicted molar refractivity (Wildman–Crippen MR) is 66.7 cm³/mol. The molecule has 0 atom stereocenters. The van der Waals surface area contributed by atoms with E-state index >= 15 is 0 Å². The van der Waals surface area contributed by atoms with Crippen LogP contribution in [0.25, 0.3) is 10.9 Å². The predicted octanol–water partition coefficient (Wildman–Crippen LogP) is 1.66. The first-order valence-corrected chi connectivity index (χ1v) is 6.20. The lowest BCUT2D eigenvalue weighted by Crippen LogP contribution is -2.36. The number of aromatic nitrogens is 2. The van der Waals surface area contributed by atoms with Crippen LogP contribution in [0.15, 0.2) is 24.3 Å². The molecule has 1 saturated heterocycles. The highest BCUT2D eigenvalue weighted by Gasteiger charge is 2.19. The Labute approximate surface area is 105 Å². The molecule has 0 unspecified atom stereocenters. The summed E-state index contributed by atoms with van der Waals surface area (Å²) in [5.74, 6) is -0.0101. The van der Waals surface area contributed by atoms with Crippen molar-refractivity contribution in [2.45, 2.75) is 19.3 Å². The van der Waals surface area contributed by atoms with Crippen molar-refractivity contribution in [3.63, 3.8) is 0 Å². The van der Waals surface area contributed by atoms with E-state index < -0.39 is 0 Å². The van der Waals surface area contributed by atoms with E-state index in [-0.39, 0.29) is 5.91 Å². The van der Waals surface area contributed by atoms with Gasteiger partial charge in [0.15, 0.2) is 0 Å². The summed E-state index contributed by atoms with van der Waals surface area (Å²) in [6.45, 7) is 1.32. The number of para-hydroxylation sites is 1. The van der Waals surface area contributed by atoms with Crippen LogP contribution in [0.4, 0.5) is 0 Å². The molecule has 2 heterocycles. The van der Waals surface area contributed by atoms with E-state index in [2.05, 4.69) is 10.2 Å². The second-order valence-corrected chi connectivity index (χ2v) is 4.43. The fourth-order valence-electron chi connectivity index (χ4n) is 2.18. The van der Waals surface area contributed by atoms with Gasteiger partial charge in [0.25, 0.3) is 5.91 Å². The van der Waals surface area contributed by atoms with Crippen molar-refractivity contribution in [3.05, 3.63) is 30.0 Å². The maximum Gasteiger partial charge on any atom is 0.252 e. The number of nitrogens with one attached hydrogen (secondary N) is 1. The van der Waals surface area contributed by atoms with E-state index in [1.807, 2.05) is 24.3 Å². The maximum absolute atomic E-state index is 12.1. The van der Waals surface area contributed by atoms with Crippen molar-refractivity contribution in [2.75, 3.05) is 13.2 Å². The van der Waals surface area contributed by atoms with Crippen LogP contribution in [0.1, 0.15) is 18.5 Å². The molecule has 1 aliphatic heterocycles. The molecule has 0 bridgehead atoms. The van der Waals surface area contributed by atoms with E-state index in [4.69, 9.17) is 4.84 Å². The number of carbonyl (C=O) groups excluding carboxylic acids is 1. The summed E-state index contributed by atoms with van der Waals surface area (Å²) in [6, 6.07) is 7.78. The van der Waals surface area contributed by atoms with Crippen LogP contribution in [0, 0.1) is 0 Å². The van der Waals surface area contributed by atoms with Crippen LogP contribution in [0.5, 0.6) is 0 Å². The van der Waals surface area contributed by atoms with Gasteiger partial charge in [-0.1, -0.05) is 18.2 Å². The zero-order valence-corrected chi connectivity index (χ0v) is 10.1. The van der Waals surface area contributed by atoms with Crippen LogP contribution in [-0.2, 0) is 16.1 Å². The number of aromatic amines is 1. The lowest BCUT2D eigenvalue weighted by Gasteiger charge is -2.25. The minimum absolute atomic E-state index is 0.0101. The zero-order chi connectivity index (χ0) is 12.4. The third-order valence-corrected chi connectivity index (χ3v) is 3.15.